The first-order valence-electron chi connectivity index (χ1n) is 16.5. The van der Waals surface area contributed by atoms with Crippen LogP contribution in [0.15, 0.2) is 97.1 Å². The Kier molecular flexibility index (Phi) is 8.82. The van der Waals surface area contributed by atoms with Gasteiger partial charge in [0, 0.05) is 30.4 Å². The van der Waals surface area contributed by atoms with Gasteiger partial charge in [-0.1, -0.05) is 61.0 Å². The Labute approximate surface area is 283 Å². The molecule has 4 aromatic rings. The van der Waals surface area contributed by atoms with Crippen molar-refractivity contribution in [2.75, 3.05) is 20.3 Å². The summed E-state index contributed by atoms with van der Waals surface area (Å²) in [4.78, 5) is 66.3. The number of unbranched alkanes of at least 4 members (excludes halogenated alkanes) is 2. The average molecular weight is 658 g/mol. The minimum Gasteiger partial charge on any atom is -0.497 e. The van der Waals surface area contributed by atoms with E-state index in [2.05, 4.69) is 24.3 Å². The zero-order chi connectivity index (χ0) is 34.1. The van der Waals surface area contributed by atoms with Crippen molar-refractivity contribution >= 4 is 29.5 Å². The lowest BCUT2D eigenvalue weighted by molar-refractivity contribution is -0.143. The molecule has 2 amide bonds. The highest BCUT2D eigenvalue weighted by Gasteiger charge is 2.61. The third-order valence-corrected chi connectivity index (χ3v) is 9.86. The summed E-state index contributed by atoms with van der Waals surface area (Å²) in [7, 11) is 1.51. The Morgan fingerprint density at radius 2 is 1.24 bits per heavy atom. The molecule has 0 radical (unpaired) electrons. The van der Waals surface area contributed by atoms with E-state index in [-0.39, 0.29) is 53.4 Å². The van der Waals surface area contributed by atoms with Crippen molar-refractivity contribution in [3.8, 4) is 11.5 Å². The minimum absolute atomic E-state index is 0.102. The smallest absolute Gasteiger partial charge is 0.343 e. The number of amides is 2. The summed E-state index contributed by atoms with van der Waals surface area (Å²) in [5.41, 5.74) is 5.23. The van der Waals surface area contributed by atoms with Gasteiger partial charge in [0.05, 0.1) is 24.5 Å². The van der Waals surface area contributed by atoms with E-state index in [1.165, 1.54) is 36.3 Å². The van der Waals surface area contributed by atoms with Gasteiger partial charge in [-0.15, -0.1) is 0 Å². The summed E-state index contributed by atoms with van der Waals surface area (Å²) in [6, 6.07) is 28.9. The molecule has 0 saturated carbocycles. The van der Waals surface area contributed by atoms with Crippen LogP contribution in [0.4, 0.5) is 0 Å². The third kappa shape index (κ3) is 6.01. The van der Waals surface area contributed by atoms with E-state index >= 15 is 0 Å². The van der Waals surface area contributed by atoms with E-state index < -0.39 is 18.5 Å². The fraction of sp³-hybridized carbons (Fsp3) is 0.275. The predicted molar refractivity (Wildman–Crippen MR) is 178 cm³/mol. The number of likely N-dealkylation sites (tertiary alicyclic amines) is 1. The fourth-order valence-electron chi connectivity index (χ4n) is 7.60. The van der Waals surface area contributed by atoms with Crippen molar-refractivity contribution in [3.05, 3.63) is 130 Å². The number of carbonyl (C=O) groups is 5. The number of esters is 2. The molecule has 0 spiro atoms. The van der Waals surface area contributed by atoms with Gasteiger partial charge < -0.3 is 14.2 Å². The number of imide groups is 1. The van der Waals surface area contributed by atoms with E-state index in [1.54, 1.807) is 24.3 Å². The molecular weight excluding hydrogens is 622 g/mol. The van der Waals surface area contributed by atoms with E-state index in [1.807, 2.05) is 24.3 Å². The summed E-state index contributed by atoms with van der Waals surface area (Å²) in [5.74, 6) is -1.88. The van der Waals surface area contributed by atoms with Crippen molar-refractivity contribution in [1.82, 2.24) is 4.90 Å². The number of methoxy groups -OCH3 is 1. The molecule has 3 aliphatic carbocycles. The number of carbonyl (C=O) groups excluding carboxylic acids is 5. The molecule has 9 heteroatoms. The number of hydrogen-bond acceptors (Lipinski definition) is 8. The van der Waals surface area contributed by atoms with Crippen molar-refractivity contribution in [2.24, 2.45) is 11.8 Å². The molecule has 4 aliphatic rings. The summed E-state index contributed by atoms with van der Waals surface area (Å²) in [5, 5.41) is 0. The second-order valence-electron chi connectivity index (χ2n) is 12.6. The molecular formula is C40H35NO8. The van der Waals surface area contributed by atoms with E-state index in [9.17, 15) is 24.0 Å². The topological polar surface area (TPSA) is 116 Å². The van der Waals surface area contributed by atoms with Crippen LogP contribution in [0.2, 0.25) is 0 Å². The summed E-state index contributed by atoms with van der Waals surface area (Å²) < 4.78 is 15.7. The first kappa shape index (κ1) is 32.0. The number of Topliss-reactive ketones (excluding diaryl/α,β-unsaturated/α-hetero) is 1. The predicted octanol–water partition coefficient (Wildman–Crippen LogP) is 6.09. The molecule has 1 saturated heterocycles. The first-order chi connectivity index (χ1) is 23.9. The highest BCUT2D eigenvalue weighted by Crippen LogP contribution is 2.60. The van der Waals surface area contributed by atoms with Crippen molar-refractivity contribution in [1.29, 1.82) is 0 Å². The Balaban J connectivity index is 0.857. The fourth-order valence-corrected chi connectivity index (χ4v) is 7.60. The zero-order valence-corrected chi connectivity index (χ0v) is 27.0. The molecule has 0 N–H and O–H groups in total. The average Bonchev–Trinajstić information content (AvgIpc) is 3.39. The van der Waals surface area contributed by atoms with Gasteiger partial charge in [0.15, 0.2) is 12.4 Å². The van der Waals surface area contributed by atoms with E-state index in [0.717, 1.165) is 22.3 Å². The molecule has 4 aromatic carbocycles. The number of ether oxygens (including phenoxy) is 3. The molecule has 1 fully saturated rings. The first-order valence-corrected chi connectivity index (χ1v) is 16.5. The Morgan fingerprint density at radius 3 is 1.82 bits per heavy atom. The number of benzene rings is 4. The van der Waals surface area contributed by atoms with Crippen molar-refractivity contribution in [3.63, 3.8) is 0 Å². The molecule has 9 nitrogen and oxygen atoms in total. The van der Waals surface area contributed by atoms with Crippen LogP contribution in [0.5, 0.6) is 11.5 Å². The standard InChI is InChI=1S/C40H35NO8/c1-47-27-11-9-10-25(22-27)40(46)49-26-19-17-24(18-20-26)32(42)23-48-33(43)16-3-2-8-21-41-38(44)36-34-28-12-4-5-13-29(28)35(37(36)39(41)45)31-15-7-6-14-30(31)34/h4-7,9-15,17-20,22,34-37H,2-3,8,16,21,23H2,1H3/t34?,35?,36-,37-/m0/s1. The molecule has 248 valence electrons. The molecule has 1 heterocycles. The Hall–Kier alpha value is -5.57. The van der Waals surface area contributed by atoms with Gasteiger partial charge in [-0.2, -0.15) is 0 Å². The van der Waals surface area contributed by atoms with Gasteiger partial charge in [0.25, 0.3) is 0 Å². The quantitative estimate of drug-likeness (QED) is 0.0591. The second kappa shape index (κ2) is 13.5. The molecule has 49 heavy (non-hydrogen) atoms. The normalized spacial score (nSPS) is 19.9. The Morgan fingerprint density at radius 1 is 0.653 bits per heavy atom. The van der Waals surface area contributed by atoms with Crippen LogP contribution < -0.4 is 9.47 Å². The van der Waals surface area contributed by atoms with Crippen LogP contribution >= 0.6 is 0 Å². The van der Waals surface area contributed by atoms with Gasteiger partial charge in [0.2, 0.25) is 11.8 Å². The van der Waals surface area contributed by atoms with Crippen molar-refractivity contribution in [2.45, 2.75) is 37.5 Å². The molecule has 2 bridgehead atoms. The van der Waals surface area contributed by atoms with Crippen LogP contribution in [-0.4, -0.2) is 54.7 Å². The largest absolute Gasteiger partial charge is 0.497 e. The van der Waals surface area contributed by atoms with E-state index in [4.69, 9.17) is 14.2 Å². The van der Waals surface area contributed by atoms with E-state index in [0.29, 0.717) is 42.7 Å². The number of rotatable bonds is 12. The highest BCUT2D eigenvalue weighted by atomic mass is 16.5. The zero-order valence-electron chi connectivity index (χ0n) is 27.0. The summed E-state index contributed by atoms with van der Waals surface area (Å²) in [6.45, 7) is -0.0936. The molecule has 1 aliphatic heterocycles. The van der Waals surface area contributed by atoms with Crippen LogP contribution in [-0.2, 0) is 19.1 Å². The maximum absolute atomic E-state index is 13.7. The lowest BCUT2D eigenvalue weighted by Crippen LogP contribution is -2.41. The van der Waals surface area contributed by atoms with Crippen LogP contribution in [0.25, 0.3) is 0 Å². The molecule has 0 unspecified atom stereocenters. The number of ketones is 1. The minimum atomic E-state index is -0.563. The number of hydrogen-bond donors (Lipinski definition) is 0. The van der Waals surface area contributed by atoms with Crippen LogP contribution in [0, 0.1) is 11.8 Å². The van der Waals surface area contributed by atoms with Crippen molar-refractivity contribution < 1.29 is 38.2 Å². The van der Waals surface area contributed by atoms with Gasteiger partial charge in [-0.05, 0) is 77.6 Å². The number of nitrogens with zero attached hydrogens (tertiary/aromatic N) is 1. The second-order valence-corrected chi connectivity index (χ2v) is 12.6. The van der Waals surface area contributed by atoms with Crippen LogP contribution in [0.3, 0.4) is 0 Å². The van der Waals surface area contributed by atoms with Gasteiger partial charge in [-0.3, -0.25) is 24.1 Å². The third-order valence-electron chi connectivity index (χ3n) is 9.86. The van der Waals surface area contributed by atoms with Gasteiger partial charge in [0.1, 0.15) is 11.5 Å². The molecule has 8 rings (SSSR count). The molecule has 0 aromatic heterocycles. The maximum Gasteiger partial charge on any atom is 0.343 e. The summed E-state index contributed by atoms with van der Waals surface area (Å²) in [6.07, 6.45) is 1.83. The summed E-state index contributed by atoms with van der Waals surface area (Å²) >= 11 is 0. The lowest BCUT2D eigenvalue weighted by atomic mass is 9.55. The van der Waals surface area contributed by atoms with Gasteiger partial charge in [-0.25, -0.2) is 4.79 Å². The molecule has 2 atom stereocenters. The maximum atomic E-state index is 13.7. The van der Waals surface area contributed by atoms with Crippen LogP contribution in [0.1, 0.15) is 80.5 Å². The monoisotopic (exact) mass is 657 g/mol. The highest BCUT2D eigenvalue weighted by molar-refractivity contribution is 6.07. The SMILES string of the molecule is COc1cccc(C(=O)Oc2ccc(C(=O)COC(=O)CCCCCN3C(=O)[C@H]4C5c6ccccc6C(c6ccccc65)[C@@H]4C3=O)cc2)c1. The Bertz CT molecular complexity index is 1830. The lowest BCUT2D eigenvalue weighted by Gasteiger charge is -2.45. The van der Waals surface area contributed by atoms with Gasteiger partial charge >= 0.3 is 11.9 Å².